The lowest BCUT2D eigenvalue weighted by Gasteiger charge is -2.42. The van der Waals surface area contributed by atoms with Crippen LogP contribution in [0.3, 0.4) is 0 Å². The summed E-state index contributed by atoms with van der Waals surface area (Å²) in [6.45, 7) is 3.38. The minimum Gasteiger partial charge on any atom is -0.463 e. The van der Waals surface area contributed by atoms with Crippen molar-refractivity contribution < 1.29 is 28.7 Å². The van der Waals surface area contributed by atoms with Crippen LogP contribution in [0.2, 0.25) is 0 Å². The highest BCUT2D eigenvalue weighted by Crippen LogP contribution is 2.39. The molecule has 3 aromatic rings. The van der Waals surface area contributed by atoms with Crippen LogP contribution in [0, 0.1) is 0 Å². The second-order valence-corrected chi connectivity index (χ2v) is 9.81. The van der Waals surface area contributed by atoms with Crippen molar-refractivity contribution in [2.45, 2.75) is 32.4 Å². The Labute approximate surface area is 237 Å². The molecule has 0 radical (unpaired) electrons. The maximum absolute atomic E-state index is 14.7. The van der Waals surface area contributed by atoms with Gasteiger partial charge in [0.15, 0.2) is 0 Å². The molecular formula is C32H29N3O6. The molecule has 0 aromatic heterocycles. The van der Waals surface area contributed by atoms with E-state index in [-0.39, 0.29) is 29.7 Å². The SMILES string of the molecule is CCOC(=O)C1=C(C)N(C)C(=O)N(C(=O)[C@H](Cc2ccccc2)N2C(=O)c3ccccc3C2=O)[C@@H]1c1ccccc1. The number of amides is 5. The summed E-state index contributed by atoms with van der Waals surface area (Å²) in [6.07, 6.45) is -0.0302. The fraction of sp³-hybridized carbons (Fsp3) is 0.219. The summed E-state index contributed by atoms with van der Waals surface area (Å²) in [6, 6.07) is 20.8. The highest BCUT2D eigenvalue weighted by Gasteiger charge is 2.50. The van der Waals surface area contributed by atoms with Crippen LogP contribution in [0.15, 0.2) is 96.2 Å². The number of nitrogens with zero attached hydrogens (tertiary/aromatic N) is 3. The molecule has 0 spiro atoms. The Bertz CT molecular complexity index is 1530. The molecule has 0 aliphatic carbocycles. The summed E-state index contributed by atoms with van der Waals surface area (Å²) in [5, 5.41) is 0. The molecule has 3 aromatic carbocycles. The molecule has 208 valence electrons. The molecule has 2 aliphatic heterocycles. The number of imide groups is 2. The number of rotatable bonds is 7. The molecule has 0 bridgehead atoms. The van der Waals surface area contributed by atoms with Crippen LogP contribution < -0.4 is 0 Å². The van der Waals surface area contributed by atoms with E-state index in [9.17, 15) is 24.0 Å². The summed E-state index contributed by atoms with van der Waals surface area (Å²) < 4.78 is 5.36. The normalized spacial score (nSPS) is 17.6. The number of esters is 1. The van der Waals surface area contributed by atoms with Gasteiger partial charge in [0.25, 0.3) is 17.7 Å². The first-order valence-corrected chi connectivity index (χ1v) is 13.3. The number of allylic oxidation sites excluding steroid dienone is 1. The molecule has 0 N–H and O–H groups in total. The molecule has 0 saturated heterocycles. The molecule has 41 heavy (non-hydrogen) atoms. The van der Waals surface area contributed by atoms with E-state index in [0.29, 0.717) is 16.8 Å². The Hall–Kier alpha value is -5.05. The van der Waals surface area contributed by atoms with E-state index in [2.05, 4.69) is 0 Å². The first-order valence-electron chi connectivity index (χ1n) is 13.3. The van der Waals surface area contributed by atoms with E-state index in [1.165, 1.54) is 24.1 Å². The molecule has 0 saturated carbocycles. The number of hydrogen-bond donors (Lipinski definition) is 0. The Balaban J connectivity index is 1.67. The van der Waals surface area contributed by atoms with Crippen LogP contribution in [0.4, 0.5) is 4.79 Å². The first kappa shape index (κ1) is 27.5. The summed E-state index contributed by atoms with van der Waals surface area (Å²) in [5.74, 6) is -2.70. The Kier molecular flexibility index (Phi) is 7.52. The Morgan fingerprint density at radius 1 is 0.829 bits per heavy atom. The van der Waals surface area contributed by atoms with E-state index in [1.807, 2.05) is 6.07 Å². The predicted molar refractivity (Wildman–Crippen MR) is 149 cm³/mol. The molecule has 5 amide bonds. The van der Waals surface area contributed by atoms with Gasteiger partial charge in [0.05, 0.1) is 23.3 Å². The number of carbonyl (C=O) groups is 5. The fourth-order valence-corrected chi connectivity index (χ4v) is 5.34. The third-order valence-electron chi connectivity index (χ3n) is 7.46. The van der Waals surface area contributed by atoms with Gasteiger partial charge in [-0.25, -0.2) is 14.5 Å². The maximum atomic E-state index is 14.7. The van der Waals surface area contributed by atoms with Crippen molar-refractivity contribution in [3.63, 3.8) is 0 Å². The quantitative estimate of drug-likeness (QED) is 0.319. The van der Waals surface area contributed by atoms with Gasteiger partial charge in [-0.3, -0.25) is 19.3 Å². The van der Waals surface area contributed by atoms with Crippen LogP contribution in [0.5, 0.6) is 0 Å². The molecule has 5 rings (SSSR count). The van der Waals surface area contributed by atoms with Gasteiger partial charge in [0, 0.05) is 19.2 Å². The summed E-state index contributed by atoms with van der Waals surface area (Å²) in [4.78, 5) is 72.2. The lowest BCUT2D eigenvalue weighted by Crippen LogP contribution is -2.58. The second kappa shape index (κ2) is 11.2. The van der Waals surface area contributed by atoms with Gasteiger partial charge in [-0.05, 0) is 37.1 Å². The van der Waals surface area contributed by atoms with Crippen LogP contribution in [-0.2, 0) is 20.7 Å². The Morgan fingerprint density at radius 2 is 1.37 bits per heavy atom. The molecule has 2 aliphatic rings. The number of urea groups is 1. The highest BCUT2D eigenvalue weighted by molar-refractivity contribution is 6.23. The van der Waals surface area contributed by atoms with Gasteiger partial charge in [-0.2, -0.15) is 0 Å². The van der Waals surface area contributed by atoms with E-state index in [1.54, 1.807) is 80.6 Å². The summed E-state index contributed by atoms with van der Waals surface area (Å²) in [5.41, 5.74) is 2.03. The number of hydrogen-bond acceptors (Lipinski definition) is 6. The maximum Gasteiger partial charge on any atom is 0.338 e. The van der Waals surface area contributed by atoms with Crippen molar-refractivity contribution in [1.82, 2.24) is 14.7 Å². The number of fused-ring (bicyclic) bond motifs is 1. The lowest BCUT2D eigenvalue weighted by atomic mass is 9.92. The number of carbonyl (C=O) groups excluding carboxylic acids is 5. The third kappa shape index (κ3) is 4.80. The minimum atomic E-state index is -1.37. The monoisotopic (exact) mass is 551 g/mol. The molecule has 2 atom stereocenters. The zero-order chi connectivity index (χ0) is 29.3. The Morgan fingerprint density at radius 3 is 1.93 bits per heavy atom. The highest BCUT2D eigenvalue weighted by atomic mass is 16.5. The molecular weight excluding hydrogens is 522 g/mol. The average molecular weight is 552 g/mol. The van der Waals surface area contributed by atoms with Crippen molar-refractivity contribution in [3.05, 3.63) is 118 Å². The van der Waals surface area contributed by atoms with Gasteiger partial charge in [0.1, 0.15) is 12.1 Å². The van der Waals surface area contributed by atoms with E-state index < -0.39 is 41.8 Å². The van der Waals surface area contributed by atoms with Crippen LogP contribution in [-0.4, -0.2) is 64.1 Å². The van der Waals surface area contributed by atoms with E-state index in [0.717, 1.165) is 9.80 Å². The summed E-state index contributed by atoms with van der Waals surface area (Å²) >= 11 is 0. The van der Waals surface area contributed by atoms with Gasteiger partial charge >= 0.3 is 12.0 Å². The van der Waals surface area contributed by atoms with Crippen LogP contribution in [0.25, 0.3) is 0 Å². The predicted octanol–water partition coefficient (Wildman–Crippen LogP) is 4.37. The van der Waals surface area contributed by atoms with E-state index in [4.69, 9.17) is 4.74 Å². The third-order valence-corrected chi connectivity index (χ3v) is 7.46. The lowest BCUT2D eigenvalue weighted by molar-refractivity contribution is -0.141. The molecule has 0 fully saturated rings. The second-order valence-electron chi connectivity index (χ2n) is 9.81. The minimum absolute atomic E-state index is 0.0302. The largest absolute Gasteiger partial charge is 0.463 e. The number of ether oxygens (including phenoxy) is 1. The van der Waals surface area contributed by atoms with Crippen molar-refractivity contribution in [3.8, 4) is 0 Å². The average Bonchev–Trinajstić information content (AvgIpc) is 3.24. The standard InChI is InChI=1S/C32H29N3O6/c1-4-41-31(39)26-20(2)33(3)32(40)35(27(26)22-15-9-6-10-16-22)30(38)25(19-21-13-7-5-8-14-21)34-28(36)23-17-11-12-18-24(23)29(34)37/h5-18,25,27H,4,19H2,1-3H3/t25-,27+/m0/s1. The zero-order valence-electron chi connectivity index (χ0n) is 22.9. The van der Waals surface area contributed by atoms with E-state index >= 15 is 0 Å². The van der Waals surface area contributed by atoms with Gasteiger partial charge < -0.3 is 9.64 Å². The number of benzene rings is 3. The molecule has 9 heteroatoms. The first-order chi connectivity index (χ1) is 19.8. The molecule has 2 heterocycles. The van der Waals surface area contributed by atoms with Crippen LogP contribution in [0.1, 0.15) is 51.7 Å². The smallest absolute Gasteiger partial charge is 0.338 e. The fourth-order valence-electron chi connectivity index (χ4n) is 5.34. The molecule has 9 nitrogen and oxygen atoms in total. The van der Waals surface area contributed by atoms with Crippen molar-refractivity contribution in [2.75, 3.05) is 13.7 Å². The van der Waals surface area contributed by atoms with Crippen molar-refractivity contribution >= 4 is 29.7 Å². The van der Waals surface area contributed by atoms with Crippen molar-refractivity contribution in [2.24, 2.45) is 0 Å². The van der Waals surface area contributed by atoms with Crippen molar-refractivity contribution in [1.29, 1.82) is 0 Å². The summed E-state index contributed by atoms with van der Waals surface area (Å²) in [7, 11) is 1.46. The molecule has 0 unspecified atom stereocenters. The topological polar surface area (TPSA) is 104 Å². The van der Waals surface area contributed by atoms with Gasteiger partial charge in [-0.15, -0.1) is 0 Å². The van der Waals surface area contributed by atoms with Crippen LogP contribution >= 0.6 is 0 Å². The zero-order valence-corrected chi connectivity index (χ0v) is 22.9. The van der Waals surface area contributed by atoms with Gasteiger partial charge in [-0.1, -0.05) is 72.8 Å². The van der Waals surface area contributed by atoms with Gasteiger partial charge in [0.2, 0.25) is 0 Å².